The van der Waals surface area contributed by atoms with Crippen molar-refractivity contribution in [1.82, 2.24) is 15.1 Å². The van der Waals surface area contributed by atoms with E-state index in [2.05, 4.69) is 20.4 Å². The first-order chi connectivity index (χ1) is 14.0. The number of esters is 1. The maximum absolute atomic E-state index is 12.5. The van der Waals surface area contributed by atoms with Crippen molar-refractivity contribution < 1.29 is 18.8 Å². The SMILES string of the molecule is Cc1onc(-c2ccccc2)c1C(=O)OCC(=O)Nc1ccc2[nH]c(=O)[nH]c2c1. The number of aryl methyl sites for hydroxylation is 1. The van der Waals surface area contributed by atoms with E-state index in [1.807, 2.05) is 18.2 Å². The number of hydrogen-bond donors (Lipinski definition) is 3. The van der Waals surface area contributed by atoms with Gasteiger partial charge in [0.25, 0.3) is 5.91 Å². The van der Waals surface area contributed by atoms with Crippen molar-refractivity contribution in [2.24, 2.45) is 0 Å². The molecule has 4 aromatic rings. The van der Waals surface area contributed by atoms with Crippen LogP contribution in [-0.4, -0.2) is 33.6 Å². The lowest BCUT2D eigenvalue weighted by atomic mass is 10.1. The highest BCUT2D eigenvalue weighted by Crippen LogP contribution is 2.25. The van der Waals surface area contributed by atoms with E-state index in [0.29, 0.717) is 33.7 Å². The number of anilines is 1. The van der Waals surface area contributed by atoms with Crippen LogP contribution in [0.4, 0.5) is 5.69 Å². The summed E-state index contributed by atoms with van der Waals surface area (Å²) in [5.41, 5.74) is 2.53. The van der Waals surface area contributed by atoms with Crippen LogP contribution in [0.3, 0.4) is 0 Å². The fourth-order valence-corrected chi connectivity index (χ4v) is 2.92. The Morgan fingerprint density at radius 2 is 1.86 bits per heavy atom. The van der Waals surface area contributed by atoms with Gasteiger partial charge in [0.2, 0.25) is 0 Å². The maximum atomic E-state index is 12.5. The molecule has 0 aliphatic heterocycles. The number of nitrogens with one attached hydrogen (secondary N) is 3. The molecule has 4 rings (SSSR count). The molecule has 0 aliphatic carbocycles. The molecule has 2 aromatic carbocycles. The largest absolute Gasteiger partial charge is 0.452 e. The normalized spacial score (nSPS) is 10.8. The molecular formula is C20H16N4O5. The summed E-state index contributed by atoms with van der Waals surface area (Å²) in [7, 11) is 0. The van der Waals surface area contributed by atoms with Crippen molar-refractivity contribution in [2.45, 2.75) is 6.92 Å². The average molecular weight is 392 g/mol. The van der Waals surface area contributed by atoms with Crippen LogP contribution in [0.15, 0.2) is 57.8 Å². The molecule has 0 fully saturated rings. The Bertz CT molecular complexity index is 1250. The molecule has 0 spiro atoms. The number of rotatable bonds is 5. The minimum absolute atomic E-state index is 0.176. The lowest BCUT2D eigenvalue weighted by molar-refractivity contribution is -0.119. The van der Waals surface area contributed by atoms with E-state index in [1.54, 1.807) is 37.3 Å². The summed E-state index contributed by atoms with van der Waals surface area (Å²) in [5, 5.41) is 6.54. The fourth-order valence-electron chi connectivity index (χ4n) is 2.92. The number of hydrogen-bond acceptors (Lipinski definition) is 6. The standard InChI is InChI=1S/C20H16N4O5/c1-11-17(18(24-29-11)12-5-3-2-4-6-12)19(26)28-10-16(25)21-13-7-8-14-15(9-13)23-20(27)22-14/h2-9H,10H2,1H3,(H,21,25)(H2,22,23,27). The van der Waals surface area contributed by atoms with Gasteiger partial charge in [-0.15, -0.1) is 0 Å². The second-order valence-electron chi connectivity index (χ2n) is 6.29. The van der Waals surface area contributed by atoms with Crippen LogP contribution in [0, 0.1) is 6.92 Å². The molecule has 2 heterocycles. The first kappa shape index (κ1) is 18.2. The molecule has 9 heteroatoms. The molecule has 0 saturated heterocycles. The minimum Gasteiger partial charge on any atom is -0.452 e. The first-order valence-corrected chi connectivity index (χ1v) is 8.72. The molecule has 0 saturated carbocycles. The second kappa shape index (κ2) is 7.47. The van der Waals surface area contributed by atoms with E-state index in [1.165, 1.54) is 0 Å². The fraction of sp³-hybridized carbons (Fsp3) is 0.100. The number of carbonyl (C=O) groups is 2. The van der Waals surface area contributed by atoms with E-state index < -0.39 is 18.5 Å². The van der Waals surface area contributed by atoms with Crippen molar-refractivity contribution in [3.63, 3.8) is 0 Å². The van der Waals surface area contributed by atoms with Gasteiger partial charge < -0.3 is 24.5 Å². The Morgan fingerprint density at radius 3 is 2.66 bits per heavy atom. The van der Waals surface area contributed by atoms with E-state index >= 15 is 0 Å². The van der Waals surface area contributed by atoms with E-state index in [4.69, 9.17) is 9.26 Å². The zero-order valence-corrected chi connectivity index (χ0v) is 15.3. The van der Waals surface area contributed by atoms with E-state index in [0.717, 1.165) is 0 Å². The zero-order chi connectivity index (χ0) is 20.4. The predicted octanol–water partition coefficient (Wildman–Crippen LogP) is 2.62. The summed E-state index contributed by atoms with van der Waals surface area (Å²) in [6.07, 6.45) is 0. The molecule has 0 atom stereocenters. The second-order valence-corrected chi connectivity index (χ2v) is 6.29. The number of amides is 1. The topological polar surface area (TPSA) is 130 Å². The third kappa shape index (κ3) is 3.79. The van der Waals surface area contributed by atoms with Crippen molar-refractivity contribution in [1.29, 1.82) is 0 Å². The lowest BCUT2D eigenvalue weighted by Gasteiger charge is -2.07. The van der Waals surface area contributed by atoms with Gasteiger partial charge in [0.1, 0.15) is 17.0 Å². The molecule has 29 heavy (non-hydrogen) atoms. The molecular weight excluding hydrogens is 376 g/mol. The number of aromatic amines is 2. The van der Waals surface area contributed by atoms with Gasteiger partial charge in [-0.1, -0.05) is 35.5 Å². The van der Waals surface area contributed by atoms with Crippen molar-refractivity contribution in [3.8, 4) is 11.3 Å². The van der Waals surface area contributed by atoms with Crippen molar-refractivity contribution >= 4 is 28.6 Å². The summed E-state index contributed by atoms with van der Waals surface area (Å²) in [6.45, 7) is 1.11. The van der Waals surface area contributed by atoms with Gasteiger partial charge in [-0.2, -0.15) is 0 Å². The third-order valence-corrected chi connectivity index (χ3v) is 4.25. The van der Waals surface area contributed by atoms with Gasteiger partial charge in [0, 0.05) is 11.3 Å². The van der Waals surface area contributed by atoms with Crippen LogP contribution in [0.2, 0.25) is 0 Å². The lowest BCUT2D eigenvalue weighted by Crippen LogP contribution is -2.21. The number of imidazole rings is 1. The third-order valence-electron chi connectivity index (χ3n) is 4.25. The molecule has 1 amide bonds. The molecule has 3 N–H and O–H groups in total. The van der Waals surface area contributed by atoms with Crippen LogP contribution < -0.4 is 11.0 Å². The number of benzene rings is 2. The Morgan fingerprint density at radius 1 is 1.10 bits per heavy atom. The summed E-state index contributed by atoms with van der Waals surface area (Å²) < 4.78 is 10.3. The van der Waals surface area contributed by atoms with Gasteiger partial charge in [0.05, 0.1) is 11.0 Å². The number of nitrogens with zero attached hydrogens (tertiary/aromatic N) is 1. The molecule has 0 radical (unpaired) electrons. The molecule has 0 bridgehead atoms. The Hall–Kier alpha value is -4.14. The summed E-state index contributed by atoms with van der Waals surface area (Å²) >= 11 is 0. The van der Waals surface area contributed by atoms with Gasteiger partial charge in [-0.3, -0.25) is 4.79 Å². The molecule has 0 aliphatic rings. The Labute approximate surface area is 163 Å². The number of carbonyl (C=O) groups excluding carboxylic acids is 2. The minimum atomic E-state index is -0.705. The number of fused-ring (bicyclic) bond motifs is 1. The molecule has 2 aromatic heterocycles. The van der Waals surface area contributed by atoms with E-state index in [9.17, 15) is 14.4 Å². The van der Waals surface area contributed by atoms with Gasteiger partial charge in [0.15, 0.2) is 6.61 Å². The van der Waals surface area contributed by atoms with Crippen LogP contribution >= 0.6 is 0 Å². The van der Waals surface area contributed by atoms with Crippen LogP contribution in [0.1, 0.15) is 16.1 Å². The van der Waals surface area contributed by atoms with Gasteiger partial charge in [-0.05, 0) is 25.1 Å². The van der Waals surface area contributed by atoms with Gasteiger partial charge >= 0.3 is 11.7 Å². The van der Waals surface area contributed by atoms with Crippen molar-refractivity contribution in [2.75, 3.05) is 11.9 Å². The quantitative estimate of drug-likeness (QED) is 0.448. The van der Waals surface area contributed by atoms with Gasteiger partial charge in [-0.25, -0.2) is 9.59 Å². The Balaban J connectivity index is 1.43. The molecule has 146 valence electrons. The highest BCUT2D eigenvalue weighted by atomic mass is 16.5. The van der Waals surface area contributed by atoms with Crippen molar-refractivity contribution in [3.05, 3.63) is 70.3 Å². The predicted molar refractivity (Wildman–Crippen MR) is 105 cm³/mol. The molecule has 9 nitrogen and oxygen atoms in total. The monoisotopic (exact) mass is 392 g/mol. The zero-order valence-electron chi connectivity index (χ0n) is 15.3. The maximum Gasteiger partial charge on any atom is 0.344 e. The summed E-state index contributed by atoms with van der Waals surface area (Å²) in [4.78, 5) is 41.2. The van der Waals surface area contributed by atoms with E-state index in [-0.39, 0.29) is 11.3 Å². The molecule has 0 unspecified atom stereocenters. The highest BCUT2D eigenvalue weighted by Gasteiger charge is 2.23. The van der Waals surface area contributed by atoms with Crippen LogP contribution in [0.5, 0.6) is 0 Å². The summed E-state index contributed by atoms with van der Waals surface area (Å²) in [6, 6.07) is 14.0. The average Bonchev–Trinajstić information content (AvgIpc) is 3.28. The van der Waals surface area contributed by atoms with Crippen LogP contribution in [-0.2, 0) is 9.53 Å². The number of H-pyrrole nitrogens is 2. The number of ether oxygens (including phenoxy) is 1. The first-order valence-electron chi connectivity index (χ1n) is 8.72. The van der Waals surface area contributed by atoms with Crippen LogP contribution in [0.25, 0.3) is 22.3 Å². The Kier molecular flexibility index (Phi) is 4.70. The number of aromatic nitrogens is 3. The smallest absolute Gasteiger partial charge is 0.344 e. The summed E-state index contributed by atoms with van der Waals surface area (Å²) in [5.74, 6) is -0.926. The highest BCUT2D eigenvalue weighted by molar-refractivity contribution is 5.99.